The van der Waals surface area contributed by atoms with E-state index in [1.54, 1.807) is 7.11 Å². The number of nitrogens with one attached hydrogen (secondary N) is 1. The van der Waals surface area contributed by atoms with Gasteiger partial charge in [0, 0.05) is 22.9 Å². The van der Waals surface area contributed by atoms with Gasteiger partial charge in [0.2, 0.25) is 0 Å². The molecule has 5 heteroatoms. The molecule has 0 saturated heterocycles. The maximum Gasteiger partial charge on any atom is 0.165 e. The summed E-state index contributed by atoms with van der Waals surface area (Å²) in [7, 11) is 1.72. The minimum Gasteiger partial charge on any atom is -0.496 e. The van der Waals surface area contributed by atoms with Crippen LogP contribution in [0.25, 0.3) is 16.8 Å². The standard InChI is InChI=1S/C24H32N4O/c1-7-17(8-2)25-23-19-10-9-11-20(19)26-24-22(16(5)27-28(23)24)18-12-13-21(29-6)15(4)14(18)3/h12-13,17,25H,7-11H2,1-6H3. The molecule has 2 aromatic heterocycles. The van der Waals surface area contributed by atoms with Crippen LogP contribution in [0.4, 0.5) is 5.82 Å². The summed E-state index contributed by atoms with van der Waals surface area (Å²) in [5.41, 5.74) is 9.27. The number of anilines is 1. The molecular weight excluding hydrogens is 360 g/mol. The molecule has 2 heterocycles. The lowest BCUT2D eigenvalue weighted by atomic mass is 9.96. The van der Waals surface area contributed by atoms with Crippen molar-refractivity contribution in [2.24, 2.45) is 0 Å². The third-order valence-electron chi connectivity index (χ3n) is 6.52. The SMILES string of the molecule is CCC(CC)Nc1c2c(nc3c(-c4ccc(OC)c(C)c4C)c(C)nn13)CCC2. The van der Waals surface area contributed by atoms with Gasteiger partial charge in [-0.15, -0.1) is 0 Å². The Bertz CT molecular complexity index is 1060. The molecule has 0 radical (unpaired) electrons. The van der Waals surface area contributed by atoms with Gasteiger partial charge in [0.1, 0.15) is 11.6 Å². The third kappa shape index (κ3) is 3.17. The van der Waals surface area contributed by atoms with Crippen molar-refractivity contribution < 1.29 is 4.74 Å². The van der Waals surface area contributed by atoms with Gasteiger partial charge in [0.25, 0.3) is 0 Å². The Kier molecular flexibility index (Phi) is 5.24. The van der Waals surface area contributed by atoms with E-state index in [9.17, 15) is 0 Å². The first-order chi connectivity index (χ1) is 14.0. The molecule has 29 heavy (non-hydrogen) atoms. The van der Waals surface area contributed by atoms with Crippen LogP contribution in [0.1, 0.15) is 61.2 Å². The van der Waals surface area contributed by atoms with E-state index < -0.39 is 0 Å². The van der Waals surface area contributed by atoms with Gasteiger partial charge in [0.05, 0.1) is 12.8 Å². The van der Waals surface area contributed by atoms with Crippen molar-refractivity contribution in [1.82, 2.24) is 14.6 Å². The van der Waals surface area contributed by atoms with E-state index in [1.165, 1.54) is 34.4 Å². The average Bonchev–Trinajstić information content (AvgIpc) is 3.31. The zero-order valence-electron chi connectivity index (χ0n) is 18.5. The Morgan fingerprint density at radius 2 is 1.86 bits per heavy atom. The number of hydrogen-bond acceptors (Lipinski definition) is 4. The van der Waals surface area contributed by atoms with E-state index in [-0.39, 0.29) is 0 Å². The van der Waals surface area contributed by atoms with Crippen molar-refractivity contribution >= 4 is 11.5 Å². The van der Waals surface area contributed by atoms with Crippen molar-refractivity contribution in [3.8, 4) is 16.9 Å². The minimum absolute atomic E-state index is 0.447. The summed E-state index contributed by atoms with van der Waals surface area (Å²) < 4.78 is 7.58. The summed E-state index contributed by atoms with van der Waals surface area (Å²) in [5, 5.41) is 8.76. The Labute approximate surface area is 173 Å². The van der Waals surface area contributed by atoms with Gasteiger partial charge in [-0.25, -0.2) is 4.98 Å². The topological polar surface area (TPSA) is 51.5 Å². The second-order valence-corrected chi connectivity index (χ2v) is 8.16. The summed E-state index contributed by atoms with van der Waals surface area (Å²) in [5.74, 6) is 2.07. The number of nitrogens with zero attached hydrogens (tertiary/aromatic N) is 3. The predicted molar refractivity (Wildman–Crippen MR) is 119 cm³/mol. The van der Waals surface area contributed by atoms with Crippen molar-refractivity contribution in [2.45, 2.75) is 72.8 Å². The zero-order chi connectivity index (χ0) is 20.7. The Morgan fingerprint density at radius 1 is 1.10 bits per heavy atom. The highest BCUT2D eigenvalue weighted by atomic mass is 16.5. The first-order valence-corrected chi connectivity index (χ1v) is 10.8. The molecule has 1 aliphatic rings. The first-order valence-electron chi connectivity index (χ1n) is 10.8. The molecule has 0 aliphatic heterocycles. The molecule has 154 valence electrons. The number of methoxy groups -OCH3 is 1. The largest absolute Gasteiger partial charge is 0.496 e. The van der Waals surface area contributed by atoms with E-state index in [2.05, 4.69) is 56.6 Å². The number of fused-ring (bicyclic) bond motifs is 2. The van der Waals surface area contributed by atoms with Crippen LogP contribution in [0.15, 0.2) is 12.1 Å². The Hall–Kier alpha value is -2.56. The smallest absolute Gasteiger partial charge is 0.165 e. The summed E-state index contributed by atoms with van der Waals surface area (Å²) in [4.78, 5) is 5.12. The van der Waals surface area contributed by atoms with E-state index in [0.717, 1.165) is 54.2 Å². The molecule has 0 bridgehead atoms. The van der Waals surface area contributed by atoms with Crippen molar-refractivity contribution in [1.29, 1.82) is 0 Å². The van der Waals surface area contributed by atoms with Gasteiger partial charge in [-0.2, -0.15) is 9.61 Å². The second-order valence-electron chi connectivity index (χ2n) is 8.16. The summed E-state index contributed by atoms with van der Waals surface area (Å²) in [6.07, 6.45) is 5.49. The van der Waals surface area contributed by atoms with Crippen LogP contribution in [-0.2, 0) is 12.8 Å². The van der Waals surface area contributed by atoms with Gasteiger partial charge >= 0.3 is 0 Å². The average molecular weight is 393 g/mol. The second kappa shape index (κ2) is 7.69. The van der Waals surface area contributed by atoms with Gasteiger partial charge in [-0.1, -0.05) is 19.9 Å². The van der Waals surface area contributed by atoms with E-state index >= 15 is 0 Å². The molecule has 0 unspecified atom stereocenters. The fraction of sp³-hybridized carbons (Fsp3) is 0.500. The van der Waals surface area contributed by atoms with Crippen LogP contribution in [0, 0.1) is 20.8 Å². The zero-order valence-corrected chi connectivity index (χ0v) is 18.5. The molecule has 0 atom stereocenters. The first kappa shape index (κ1) is 19.7. The van der Waals surface area contributed by atoms with E-state index in [4.69, 9.17) is 14.8 Å². The van der Waals surface area contributed by atoms with Crippen molar-refractivity contribution in [3.63, 3.8) is 0 Å². The fourth-order valence-electron chi connectivity index (χ4n) is 4.57. The lowest BCUT2D eigenvalue weighted by Gasteiger charge is -2.20. The predicted octanol–water partition coefficient (Wildman–Crippen LogP) is 5.42. The van der Waals surface area contributed by atoms with Crippen LogP contribution in [0.3, 0.4) is 0 Å². The quantitative estimate of drug-likeness (QED) is 0.609. The van der Waals surface area contributed by atoms with Gasteiger partial charge in [-0.05, 0) is 75.6 Å². The number of hydrogen-bond donors (Lipinski definition) is 1. The lowest BCUT2D eigenvalue weighted by molar-refractivity contribution is 0.411. The van der Waals surface area contributed by atoms with Gasteiger partial charge in [-0.3, -0.25) is 0 Å². The highest BCUT2D eigenvalue weighted by molar-refractivity contribution is 5.84. The number of aryl methyl sites for hydroxylation is 2. The number of aromatic nitrogens is 3. The molecule has 1 aromatic carbocycles. The van der Waals surface area contributed by atoms with Crippen molar-refractivity contribution in [2.75, 3.05) is 12.4 Å². The number of ether oxygens (including phenoxy) is 1. The van der Waals surface area contributed by atoms with Crippen LogP contribution in [-0.4, -0.2) is 27.7 Å². The minimum atomic E-state index is 0.447. The molecule has 3 aromatic rings. The maximum absolute atomic E-state index is 5.52. The molecule has 5 nitrogen and oxygen atoms in total. The molecule has 0 amide bonds. The molecule has 1 aliphatic carbocycles. The molecule has 0 fully saturated rings. The van der Waals surface area contributed by atoms with Crippen molar-refractivity contribution in [3.05, 3.63) is 40.2 Å². The number of benzene rings is 1. The summed E-state index contributed by atoms with van der Waals surface area (Å²) >= 11 is 0. The Balaban J connectivity index is 1.97. The summed E-state index contributed by atoms with van der Waals surface area (Å²) in [6.45, 7) is 10.8. The van der Waals surface area contributed by atoms with Gasteiger partial charge in [0.15, 0.2) is 5.65 Å². The summed E-state index contributed by atoms with van der Waals surface area (Å²) in [6, 6.07) is 4.65. The third-order valence-corrected chi connectivity index (χ3v) is 6.52. The highest BCUT2D eigenvalue weighted by Crippen LogP contribution is 2.38. The fourth-order valence-corrected chi connectivity index (χ4v) is 4.57. The van der Waals surface area contributed by atoms with Crippen LogP contribution >= 0.6 is 0 Å². The van der Waals surface area contributed by atoms with Crippen LogP contribution < -0.4 is 10.1 Å². The molecule has 1 N–H and O–H groups in total. The van der Waals surface area contributed by atoms with Gasteiger partial charge < -0.3 is 10.1 Å². The Morgan fingerprint density at radius 3 is 2.55 bits per heavy atom. The number of rotatable bonds is 6. The van der Waals surface area contributed by atoms with Crippen LogP contribution in [0.5, 0.6) is 5.75 Å². The maximum atomic E-state index is 5.52. The lowest BCUT2D eigenvalue weighted by Crippen LogP contribution is -2.21. The highest BCUT2D eigenvalue weighted by Gasteiger charge is 2.25. The monoisotopic (exact) mass is 392 g/mol. The van der Waals surface area contributed by atoms with E-state index in [0.29, 0.717) is 6.04 Å². The molecular formula is C24H32N4O. The molecule has 0 saturated carbocycles. The van der Waals surface area contributed by atoms with E-state index in [1.807, 2.05) is 0 Å². The van der Waals surface area contributed by atoms with Crippen LogP contribution in [0.2, 0.25) is 0 Å². The normalized spacial score (nSPS) is 13.3. The molecule has 4 rings (SSSR count). The molecule has 0 spiro atoms.